The van der Waals surface area contributed by atoms with Crippen LogP contribution >= 0.6 is 24.0 Å². The number of halogens is 1. The van der Waals surface area contributed by atoms with Gasteiger partial charge < -0.3 is 10.2 Å². The molecule has 1 unspecified atom stereocenters. The Morgan fingerprint density at radius 2 is 1.93 bits per heavy atom. The first-order valence-electron chi connectivity index (χ1n) is 9.72. The molecule has 2 aliphatic heterocycles. The van der Waals surface area contributed by atoms with Crippen molar-refractivity contribution in [2.75, 3.05) is 39.0 Å². The van der Waals surface area contributed by atoms with Gasteiger partial charge in [-0.3, -0.25) is 9.89 Å². The Kier molecular flexibility index (Phi) is 7.77. The van der Waals surface area contributed by atoms with E-state index in [9.17, 15) is 8.42 Å². The van der Waals surface area contributed by atoms with Crippen LogP contribution in [0.25, 0.3) is 0 Å². The van der Waals surface area contributed by atoms with E-state index in [0.717, 1.165) is 32.0 Å². The predicted octanol–water partition coefficient (Wildman–Crippen LogP) is 2.14. The first-order chi connectivity index (χ1) is 12.7. The minimum absolute atomic E-state index is 0. The summed E-state index contributed by atoms with van der Waals surface area (Å²) < 4.78 is 23.7. The highest BCUT2D eigenvalue weighted by molar-refractivity contribution is 14.0. The summed E-state index contributed by atoms with van der Waals surface area (Å²) in [5.74, 6) is 0.973. The van der Waals surface area contributed by atoms with Crippen LogP contribution in [0, 0.1) is 0 Å². The van der Waals surface area contributed by atoms with Crippen molar-refractivity contribution < 1.29 is 8.42 Å². The highest BCUT2D eigenvalue weighted by Gasteiger charge is 2.41. The molecule has 1 fully saturated rings. The maximum atomic E-state index is 12.2. The quantitative estimate of drug-likeness (QED) is 0.376. The van der Waals surface area contributed by atoms with E-state index in [0.29, 0.717) is 19.1 Å². The van der Waals surface area contributed by atoms with Crippen LogP contribution in [0.5, 0.6) is 0 Å². The van der Waals surface area contributed by atoms with Crippen LogP contribution in [0.4, 0.5) is 0 Å². The van der Waals surface area contributed by atoms with Crippen LogP contribution in [0.3, 0.4) is 0 Å². The van der Waals surface area contributed by atoms with E-state index in [2.05, 4.69) is 51.3 Å². The van der Waals surface area contributed by atoms with Crippen molar-refractivity contribution in [3.05, 3.63) is 35.4 Å². The Balaban J connectivity index is 0.00000280. The Hall–Kier alpha value is -0.870. The SMILES string of the molecule is CN=C(NCC(C)N1CCc2ccccc2C1)N1CCS(=O)(=O)C(C)(C)C1.I. The van der Waals surface area contributed by atoms with Gasteiger partial charge in [0.2, 0.25) is 0 Å². The van der Waals surface area contributed by atoms with Crippen LogP contribution in [0.1, 0.15) is 31.9 Å². The van der Waals surface area contributed by atoms with Gasteiger partial charge in [0, 0.05) is 45.8 Å². The molecule has 2 aliphatic rings. The van der Waals surface area contributed by atoms with Gasteiger partial charge in [-0.1, -0.05) is 24.3 Å². The fraction of sp³-hybridized carbons (Fsp3) is 0.650. The van der Waals surface area contributed by atoms with E-state index < -0.39 is 14.6 Å². The van der Waals surface area contributed by atoms with Crippen molar-refractivity contribution in [2.24, 2.45) is 4.99 Å². The topological polar surface area (TPSA) is 65.0 Å². The fourth-order valence-electron chi connectivity index (χ4n) is 3.92. The number of fused-ring (bicyclic) bond motifs is 1. The summed E-state index contributed by atoms with van der Waals surface area (Å²) in [6.07, 6.45) is 1.09. The number of nitrogens with one attached hydrogen (secondary N) is 1. The molecule has 0 saturated carbocycles. The van der Waals surface area contributed by atoms with Gasteiger partial charge >= 0.3 is 0 Å². The molecular weight excluding hydrogens is 487 g/mol. The van der Waals surface area contributed by atoms with Crippen LogP contribution < -0.4 is 5.32 Å². The van der Waals surface area contributed by atoms with E-state index >= 15 is 0 Å². The number of hydrogen-bond acceptors (Lipinski definition) is 4. The molecule has 0 spiro atoms. The molecule has 1 aromatic rings. The van der Waals surface area contributed by atoms with Gasteiger partial charge in [0.25, 0.3) is 0 Å². The van der Waals surface area contributed by atoms with Gasteiger partial charge in [0.1, 0.15) is 0 Å². The van der Waals surface area contributed by atoms with Crippen molar-refractivity contribution in [3.8, 4) is 0 Å². The molecule has 1 atom stereocenters. The van der Waals surface area contributed by atoms with E-state index in [1.807, 2.05) is 0 Å². The molecule has 0 aromatic heterocycles. The van der Waals surface area contributed by atoms with Gasteiger partial charge in [0.05, 0.1) is 10.5 Å². The lowest BCUT2D eigenvalue weighted by atomic mass is 9.99. The van der Waals surface area contributed by atoms with Crippen LogP contribution in [-0.4, -0.2) is 73.9 Å². The summed E-state index contributed by atoms with van der Waals surface area (Å²) in [7, 11) is -1.28. The number of guanidine groups is 1. The Morgan fingerprint density at radius 3 is 2.57 bits per heavy atom. The molecule has 1 saturated heterocycles. The summed E-state index contributed by atoms with van der Waals surface area (Å²) in [6.45, 7) is 9.64. The minimum atomic E-state index is -3.05. The predicted molar refractivity (Wildman–Crippen MR) is 126 cm³/mol. The normalized spacial score (nSPS) is 22.7. The molecule has 28 heavy (non-hydrogen) atoms. The molecule has 0 amide bonds. The second-order valence-corrected chi connectivity index (χ2v) is 11.0. The number of hydrogen-bond donors (Lipinski definition) is 1. The summed E-state index contributed by atoms with van der Waals surface area (Å²) in [5.41, 5.74) is 2.88. The van der Waals surface area contributed by atoms with Crippen LogP contribution in [0.2, 0.25) is 0 Å². The molecule has 8 heteroatoms. The summed E-state index contributed by atoms with van der Waals surface area (Å²) in [6, 6.07) is 9.04. The Morgan fingerprint density at radius 1 is 1.25 bits per heavy atom. The monoisotopic (exact) mass is 520 g/mol. The average Bonchev–Trinajstić information content (AvgIpc) is 2.64. The second-order valence-electron chi connectivity index (χ2n) is 8.27. The molecule has 0 bridgehead atoms. The smallest absolute Gasteiger partial charge is 0.193 e. The van der Waals surface area contributed by atoms with Crippen molar-refractivity contribution in [2.45, 2.75) is 44.5 Å². The second kappa shape index (κ2) is 9.30. The lowest BCUT2D eigenvalue weighted by molar-refractivity contribution is 0.190. The number of nitrogens with zero attached hydrogens (tertiary/aromatic N) is 3. The lowest BCUT2D eigenvalue weighted by Crippen LogP contribution is -2.58. The summed E-state index contributed by atoms with van der Waals surface area (Å²) >= 11 is 0. The molecule has 1 aromatic carbocycles. The maximum absolute atomic E-state index is 12.2. The molecular formula is C20H33IN4O2S. The average molecular weight is 520 g/mol. The van der Waals surface area contributed by atoms with Crippen LogP contribution in [-0.2, 0) is 22.8 Å². The fourth-order valence-corrected chi connectivity index (χ4v) is 5.28. The third-order valence-electron chi connectivity index (χ3n) is 5.89. The minimum Gasteiger partial charge on any atom is -0.355 e. The number of sulfone groups is 1. The van der Waals surface area contributed by atoms with E-state index in [1.165, 1.54) is 11.1 Å². The van der Waals surface area contributed by atoms with E-state index in [-0.39, 0.29) is 29.7 Å². The van der Waals surface area contributed by atoms with E-state index in [4.69, 9.17) is 0 Å². The largest absolute Gasteiger partial charge is 0.355 e. The van der Waals surface area contributed by atoms with Crippen molar-refractivity contribution >= 4 is 39.8 Å². The highest BCUT2D eigenvalue weighted by atomic mass is 127. The maximum Gasteiger partial charge on any atom is 0.193 e. The summed E-state index contributed by atoms with van der Waals surface area (Å²) in [5, 5.41) is 3.46. The van der Waals surface area contributed by atoms with Gasteiger partial charge in [0.15, 0.2) is 15.8 Å². The highest BCUT2D eigenvalue weighted by Crippen LogP contribution is 2.24. The third kappa shape index (κ3) is 4.99. The zero-order valence-electron chi connectivity index (χ0n) is 17.3. The molecule has 2 heterocycles. The van der Waals surface area contributed by atoms with Crippen LogP contribution in [0.15, 0.2) is 29.3 Å². The molecule has 0 aliphatic carbocycles. The van der Waals surface area contributed by atoms with Gasteiger partial charge in [-0.2, -0.15) is 0 Å². The standard InChI is InChI=1S/C20H32N4O2S.HI/c1-16(23-10-9-17-7-5-6-8-18(17)14-23)13-22-19(21-4)24-11-12-27(25,26)20(2,3)15-24;/h5-8,16H,9-15H2,1-4H3,(H,21,22);1H. The molecule has 158 valence electrons. The van der Waals surface area contributed by atoms with Crippen molar-refractivity contribution in [1.82, 2.24) is 15.1 Å². The van der Waals surface area contributed by atoms with Gasteiger partial charge in [-0.05, 0) is 38.3 Å². The first kappa shape index (κ1) is 23.4. The number of aliphatic imine (C=N–C) groups is 1. The zero-order chi connectivity index (χ0) is 19.7. The van der Waals surface area contributed by atoms with E-state index in [1.54, 1.807) is 20.9 Å². The van der Waals surface area contributed by atoms with Crippen molar-refractivity contribution in [1.29, 1.82) is 0 Å². The third-order valence-corrected chi connectivity index (χ3v) is 8.43. The number of benzene rings is 1. The first-order valence-corrected chi connectivity index (χ1v) is 11.4. The molecule has 1 N–H and O–H groups in total. The summed E-state index contributed by atoms with van der Waals surface area (Å²) in [4.78, 5) is 8.96. The molecule has 3 rings (SSSR count). The zero-order valence-corrected chi connectivity index (χ0v) is 20.5. The van der Waals surface area contributed by atoms with Gasteiger partial charge in [-0.15, -0.1) is 24.0 Å². The van der Waals surface area contributed by atoms with Crippen molar-refractivity contribution in [3.63, 3.8) is 0 Å². The Labute approximate surface area is 186 Å². The number of rotatable bonds is 3. The Bertz CT molecular complexity index is 810. The van der Waals surface area contributed by atoms with Gasteiger partial charge in [-0.25, -0.2) is 8.42 Å². The lowest BCUT2D eigenvalue weighted by Gasteiger charge is -2.40. The molecule has 0 radical (unpaired) electrons. The molecule has 6 nitrogen and oxygen atoms in total.